The Hall–Kier alpha value is -1.43. The Balaban J connectivity index is 2.25. The maximum Gasteiger partial charge on any atom is 0.178 e. The first kappa shape index (κ1) is 14.0. The van der Waals surface area contributed by atoms with Gasteiger partial charge in [0.25, 0.3) is 0 Å². The van der Waals surface area contributed by atoms with Crippen molar-refractivity contribution in [3.63, 3.8) is 0 Å². The summed E-state index contributed by atoms with van der Waals surface area (Å²) in [5.74, 6) is 4.37. The summed E-state index contributed by atoms with van der Waals surface area (Å²) in [6, 6.07) is 1.06. The van der Waals surface area contributed by atoms with Crippen LogP contribution < -0.4 is 16.2 Å². The lowest BCUT2D eigenvalue weighted by atomic mass is 9.86. The van der Waals surface area contributed by atoms with Gasteiger partial charge in [0, 0.05) is 19.2 Å². The number of halogens is 2. The molecule has 4 nitrogen and oxygen atoms in total. The van der Waals surface area contributed by atoms with Gasteiger partial charge < -0.3 is 10.3 Å². The third-order valence-electron chi connectivity index (χ3n) is 3.84. The van der Waals surface area contributed by atoms with Gasteiger partial charge in [0.05, 0.1) is 0 Å². The van der Waals surface area contributed by atoms with E-state index >= 15 is 0 Å². The summed E-state index contributed by atoms with van der Waals surface area (Å²) in [5, 5.41) is 0. The molecule has 1 aliphatic rings. The molecule has 1 heterocycles. The Bertz CT molecular complexity index is 453. The number of nitrogens with two attached hydrogens (primary N) is 1. The van der Waals surface area contributed by atoms with Crippen molar-refractivity contribution in [2.24, 2.45) is 11.8 Å². The Labute approximate surface area is 112 Å². The van der Waals surface area contributed by atoms with Gasteiger partial charge in [-0.25, -0.2) is 19.6 Å². The second kappa shape index (κ2) is 5.69. The molecule has 19 heavy (non-hydrogen) atoms. The van der Waals surface area contributed by atoms with Crippen LogP contribution in [0.4, 0.5) is 20.4 Å². The molecule has 2 rings (SSSR count). The van der Waals surface area contributed by atoms with Gasteiger partial charge >= 0.3 is 0 Å². The summed E-state index contributed by atoms with van der Waals surface area (Å²) in [6.07, 6.45) is 4.34. The van der Waals surface area contributed by atoms with Crippen LogP contribution in [0.25, 0.3) is 0 Å². The molecule has 1 fully saturated rings. The van der Waals surface area contributed by atoms with Crippen molar-refractivity contribution in [2.45, 2.75) is 38.6 Å². The van der Waals surface area contributed by atoms with E-state index in [0.29, 0.717) is 5.92 Å². The topological polar surface area (TPSA) is 54.2 Å². The zero-order valence-electron chi connectivity index (χ0n) is 11.3. The molecule has 0 spiro atoms. The van der Waals surface area contributed by atoms with Gasteiger partial charge in [-0.15, -0.1) is 0 Å². The zero-order valence-corrected chi connectivity index (χ0v) is 11.3. The van der Waals surface area contributed by atoms with Crippen LogP contribution in [0.5, 0.6) is 0 Å². The van der Waals surface area contributed by atoms with Crippen molar-refractivity contribution in [3.05, 3.63) is 17.7 Å². The molecule has 1 saturated carbocycles. The van der Waals surface area contributed by atoms with Crippen molar-refractivity contribution >= 4 is 11.6 Å². The Morgan fingerprint density at radius 1 is 1.37 bits per heavy atom. The molecular weight excluding hydrogens is 250 g/mol. The van der Waals surface area contributed by atoms with Gasteiger partial charge in [-0.05, 0) is 18.8 Å². The highest BCUT2D eigenvalue weighted by atomic mass is 19.1. The van der Waals surface area contributed by atoms with Crippen LogP contribution in [0.3, 0.4) is 0 Å². The molecule has 1 aromatic heterocycles. The minimum absolute atomic E-state index is 0.132. The second-order valence-corrected chi connectivity index (χ2v) is 5.31. The number of hydrogen-bond acceptors (Lipinski definition) is 4. The van der Waals surface area contributed by atoms with E-state index < -0.39 is 11.6 Å². The third-order valence-corrected chi connectivity index (χ3v) is 3.84. The second-order valence-electron chi connectivity index (χ2n) is 5.31. The van der Waals surface area contributed by atoms with Crippen molar-refractivity contribution in [1.29, 1.82) is 0 Å². The van der Waals surface area contributed by atoms with Gasteiger partial charge in [0.15, 0.2) is 23.3 Å². The number of hydrogen-bond donors (Lipinski definition) is 2. The van der Waals surface area contributed by atoms with Crippen LogP contribution in [0.15, 0.2) is 6.07 Å². The molecule has 106 valence electrons. The summed E-state index contributed by atoms with van der Waals surface area (Å²) in [7, 11) is 1.80. The maximum absolute atomic E-state index is 13.9. The SMILES string of the molecule is CC1CCCC(N(C)c2nc(NN)c(F)cc2F)C1. The van der Waals surface area contributed by atoms with Gasteiger partial charge in [-0.2, -0.15) is 0 Å². The lowest BCUT2D eigenvalue weighted by molar-refractivity contribution is 0.334. The Morgan fingerprint density at radius 3 is 2.74 bits per heavy atom. The fraction of sp³-hybridized carbons (Fsp3) is 0.615. The van der Waals surface area contributed by atoms with Gasteiger partial charge in [-0.1, -0.05) is 19.8 Å². The molecule has 0 aromatic carbocycles. The van der Waals surface area contributed by atoms with E-state index in [2.05, 4.69) is 17.3 Å². The highest BCUT2D eigenvalue weighted by molar-refractivity contribution is 5.49. The normalized spacial score (nSPS) is 23.2. The molecule has 3 N–H and O–H groups in total. The summed E-state index contributed by atoms with van der Waals surface area (Å²) in [5.41, 5.74) is 2.15. The largest absolute Gasteiger partial charge is 0.354 e. The summed E-state index contributed by atoms with van der Waals surface area (Å²) < 4.78 is 27.2. The average molecular weight is 270 g/mol. The number of rotatable bonds is 3. The van der Waals surface area contributed by atoms with Crippen LogP contribution in [0.1, 0.15) is 32.6 Å². The molecule has 0 bridgehead atoms. The molecule has 0 aliphatic heterocycles. The smallest absolute Gasteiger partial charge is 0.178 e. The number of nitrogens with zero attached hydrogens (tertiary/aromatic N) is 2. The average Bonchev–Trinajstić information content (AvgIpc) is 2.38. The minimum atomic E-state index is -0.783. The molecule has 0 amide bonds. The van der Waals surface area contributed by atoms with Gasteiger partial charge in [0.2, 0.25) is 0 Å². The van der Waals surface area contributed by atoms with Gasteiger partial charge in [-0.3, -0.25) is 0 Å². The molecule has 1 aliphatic carbocycles. The zero-order chi connectivity index (χ0) is 14.0. The van der Waals surface area contributed by atoms with E-state index in [1.165, 1.54) is 6.42 Å². The summed E-state index contributed by atoms with van der Waals surface area (Å²) in [6.45, 7) is 2.20. The van der Waals surface area contributed by atoms with E-state index in [1.807, 2.05) is 0 Å². The quantitative estimate of drug-likeness (QED) is 0.655. The number of aromatic nitrogens is 1. The summed E-state index contributed by atoms with van der Waals surface area (Å²) in [4.78, 5) is 5.73. The van der Waals surface area contributed by atoms with E-state index in [-0.39, 0.29) is 17.7 Å². The standard InChI is InChI=1S/C13H20F2N4/c1-8-4-3-5-9(6-8)19(2)13-11(15)7-10(14)12(17-13)18-16/h7-9H,3-6,16H2,1-2H3,(H,17,18). The van der Waals surface area contributed by atoms with Crippen LogP contribution in [0, 0.1) is 17.6 Å². The van der Waals surface area contributed by atoms with Crippen LogP contribution in [-0.2, 0) is 0 Å². The number of nitrogens with one attached hydrogen (secondary N) is 1. The predicted molar refractivity (Wildman–Crippen MR) is 71.8 cm³/mol. The van der Waals surface area contributed by atoms with E-state index in [1.54, 1.807) is 11.9 Å². The Kier molecular flexibility index (Phi) is 4.19. The number of pyridine rings is 1. The van der Waals surface area contributed by atoms with Crippen LogP contribution in [-0.4, -0.2) is 18.1 Å². The predicted octanol–water partition coefficient (Wildman–Crippen LogP) is 2.66. The van der Waals surface area contributed by atoms with Crippen molar-refractivity contribution in [1.82, 2.24) is 4.98 Å². The third kappa shape index (κ3) is 2.94. The highest BCUT2D eigenvalue weighted by Crippen LogP contribution is 2.30. The lowest BCUT2D eigenvalue weighted by Gasteiger charge is -2.35. The molecule has 6 heteroatoms. The number of nitrogen functional groups attached to an aromatic ring is 1. The van der Waals surface area contributed by atoms with E-state index in [9.17, 15) is 8.78 Å². The van der Waals surface area contributed by atoms with Crippen molar-refractivity contribution < 1.29 is 8.78 Å². The van der Waals surface area contributed by atoms with Crippen LogP contribution in [0.2, 0.25) is 0 Å². The maximum atomic E-state index is 13.9. The molecule has 2 atom stereocenters. The van der Waals surface area contributed by atoms with Crippen molar-refractivity contribution in [2.75, 3.05) is 17.4 Å². The van der Waals surface area contributed by atoms with Gasteiger partial charge in [0.1, 0.15) is 0 Å². The summed E-state index contributed by atoms with van der Waals surface area (Å²) >= 11 is 0. The number of anilines is 2. The number of hydrazine groups is 1. The fourth-order valence-electron chi connectivity index (χ4n) is 2.73. The van der Waals surface area contributed by atoms with Crippen molar-refractivity contribution in [3.8, 4) is 0 Å². The molecule has 2 unspecified atom stereocenters. The fourth-order valence-corrected chi connectivity index (χ4v) is 2.73. The minimum Gasteiger partial charge on any atom is -0.354 e. The van der Waals surface area contributed by atoms with Crippen LogP contribution >= 0.6 is 0 Å². The van der Waals surface area contributed by atoms with E-state index in [4.69, 9.17) is 5.84 Å². The molecule has 0 radical (unpaired) electrons. The molecule has 0 saturated heterocycles. The highest BCUT2D eigenvalue weighted by Gasteiger charge is 2.25. The van der Waals surface area contributed by atoms with E-state index in [0.717, 1.165) is 25.3 Å². The lowest BCUT2D eigenvalue weighted by Crippen LogP contribution is -2.36. The first-order chi connectivity index (χ1) is 9.02. The molecule has 1 aromatic rings. The monoisotopic (exact) mass is 270 g/mol. The molecular formula is C13H20F2N4. The first-order valence-corrected chi connectivity index (χ1v) is 6.58. The first-order valence-electron chi connectivity index (χ1n) is 6.58. The Morgan fingerprint density at radius 2 is 2.11 bits per heavy atom.